The summed E-state index contributed by atoms with van der Waals surface area (Å²) in [6, 6.07) is 7.29. The van der Waals surface area contributed by atoms with Crippen LogP contribution in [0.25, 0.3) is 10.9 Å². The van der Waals surface area contributed by atoms with Crippen LogP contribution >= 0.6 is 0 Å². The molecule has 0 saturated heterocycles. The summed E-state index contributed by atoms with van der Waals surface area (Å²) >= 11 is 0. The molecule has 2 heterocycles. The largest absolute Gasteiger partial charge is 0.412 e. The quantitative estimate of drug-likeness (QED) is 0.648. The molecule has 0 bridgehead atoms. The topological polar surface area (TPSA) is 109 Å². The standard InChI is InChI=1S/C11H10N6O2/c18-11(13-6-10-14-16-17-15-10)19-8-2-1-7-3-4-12-9(7)5-8/h1-5,12H,6H2,(H,13,18)(H,14,15,16,17). The number of amides is 1. The van der Waals surface area contributed by atoms with Crippen molar-refractivity contribution >= 4 is 17.0 Å². The fourth-order valence-electron chi connectivity index (χ4n) is 1.64. The Bertz CT molecular complexity index is 690. The molecule has 1 amide bonds. The number of aromatic amines is 2. The van der Waals surface area contributed by atoms with Crippen molar-refractivity contribution in [3.05, 3.63) is 36.3 Å². The van der Waals surface area contributed by atoms with Crippen LogP contribution in [-0.4, -0.2) is 31.7 Å². The monoisotopic (exact) mass is 258 g/mol. The van der Waals surface area contributed by atoms with Crippen LogP contribution in [0.15, 0.2) is 30.5 Å². The van der Waals surface area contributed by atoms with Gasteiger partial charge in [0.1, 0.15) is 5.75 Å². The first kappa shape index (κ1) is 11.2. The molecule has 8 nitrogen and oxygen atoms in total. The minimum absolute atomic E-state index is 0.153. The molecule has 19 heavy (non-hydrogen) atoms. The molecule has 2 aromatic heterocycles. The number of rotatable bonds is 3. The van der Waals surface area contributed by atoms with Crippen LogP contribution in [0.4, 0.5) is 4.79 Å². The van der Waals surface area contributed by atoms with Crippen LogP contribution in [0.3, 0.4) is 0 Å². The Morgan fingerprint density at radius 2 is 2.32 bits per heavy atom. The lowest BCUT2D eigenvalue weighted by molar-refractivity contribution is 0.199. The van der Waals surface area contributed by atoms with Gasteiger partial charge < -0.3 is 15.0 Å². The number of ether oxygens (including phenoxy) is 1. The highest BCUT2D eigenvalue weighted by atomic mass is 16.6. The van der Waals surface area contributed by atoms with Crippen molar-refractivity contribution in [3.63, 3.8) is 0 Å². The van der Waals surface area contributed by atoms with Crippen LogP contribution in [0, 0.1) is 0 Å². The second kappa shape index (κ2) is 4.77. The molecule has 1 aromatic carbocycles. The zero-order valence-corrected chi connectivity index (χ0v) is 9.75. The molecule has 8 heteroatoms. The molecule has 3 rings (SSSR count). The number of carbonyl (C=O) groups excluding carboxylic acids is 1. The van der Waals surface area contributed by atoms with Crippen molar-refractivity contribution in [2.45, 2.75) is 6.54 Å². The Hall–Kier alpha value is -2.90. The van der Waals surface area contributed by atoms with Gasteiger partial charge in [-0.2, -0.15) is 5.21 Å². The molecular formula is C11H10N6O2. The Morgan fingerprint density at radius 3 is 3.16 bits per heavy atom. The summed E-state index contributed by atoms with van der Waals surface area (Å²) in [7, 11) is 0. The van der Waals surface area contributed by atoms with Gasteiger partial charge in [-0.15, -0.1) is 10.2 Å². The van der Waals surface area contributed by atoms with E-state index in [0.717, 1.165) is 10.9 Å². The van der Waals surface area contributed by atoms with E-state index >= 15 is 0 Å². The van der Waals surface area contributed by atoms with Gasteiger partial charge in [-0.3, -0.25) is 0 Å². The third-order valence-corrected chi connectivity index (χ3v) is 2.52. The lowest BCUT2D eigenvalue weighted by atomic mass is 10.2. The molecule has 0 unspecified atom stereocenters. The molecule has 3 aromatic rings. The maximum atomic E-state index is 11.6. The van der Waals surface area contributed by atoms with E-state index < -0.39 is 6.09 Å². The van der Waals surface area contributed by atoms with Crippen molar-refractivity contribution in [2.75, 3.05) is 0 Å². The molecule has 0 spiro atoms. The lowest BCUT2D eigenvalue weighted by Gasteiger charge is -2.04. The average Bonchev–Trinajstić information content (AvgIpc) is 3.07. The first-order valence-electron chi connectivity index (χ1n) is 5.56. The number of fused-ring (bicyclic) bond motifs is 1. The lowest BCUT2D eigenvalue weighted by Crippen LogP contribution is -2.26. The van der Waals surface area contributed by atoms with Gasteiger partial charge in [-0.1, -0.05) is 5.21 Å². The highest BCUT2D eigenvalue weighted by Crippen LogP contribution is 2.19. The molecular weight excluding hydrogens is 248 g/mol. The number of hydrogen-bond acceptors (Lipinski definition) is 5. The summed E-state index contributed by atoms with van der Waals surface area (Å²) in [5.41, 5.74) is 0.906. The molecule has 0 aliphatic rings. The minimum Gasteiger partial charge on any atom is -0.410 e. The minimum atomic E-state index is -0.573. The number of hydrogen-bond donors (Lipinski definition) is 3. The van der Waals surface area contributed by atoms with Crippen LogP contribution in [-0.2, 0) is 6.54 Å². The van der Waals surface area contributed by atoms with Gasteiger partial charge in [-0.25, -0.2) is 4.79 Å². The first-order valence-corrected chi connectivity index (χ1v) is 5.56. The van der Waals surface area contributed by atoms with Crippen LogP contribution in [0.1, 0.15) is 5.82 Å². The normalized spacial score (nSPS) is 10.5. The van der Waals surface area contributed by atoms with Gasteiger partial charge in [0.2, 0.25) is 0 Å². The number of benzene rings is 1. The third-order valence-electron chi connectivity index (χ3n) is 2.52. The zero-order valence-electron chi connectivity index (χ0n) is 9.75. The van der Waals surface area contributed by atoms with E-state index in [0.29, 0.717) is 11.6 Å². The van der Waals surface area contributed by atoms with E-state index in [9.17, 15) is 4.79 Å². The van der Waals surface area contributed by atoms with Gasteiger partial charge in [-0.05, 0) is 23.6 Å². The highest BCUT2D eigenvalue weighted by Gasteiger charge is 2.06. The summed E-state index contributed by atoms with van der Waals surface area (Å²) in [6.07, 6.45) is 1.25. The van der Waals surface area contributed by atoms with Gasteiger partial charge in [0, 0.05) is 17.8 Å². The van der Waals surface area contributed by atoms with Crippen molar-refractivity contribution in [3.8, 4) is 5.75 Å². The Balaban J connectivity index is 1.62. The highest BCUT2D eigenvalue weighted by molar-refractivity contribution is 5.81. The van der Waals surface area contributed by atoms with Crippen LogP contribution < -0.4 is 10.1 Å². The maximum absolute atomic E-state index is 11.6. The zero-order chi connectivity index (χ0) is 13.1. The summed E-state index contributed by atoms with van der Waals surface area (Å²) in [6.45, 7) is 0.153. The Labute approximate surface area is 107 Å². The summed E-state index contributed by atoms with van der Waals surface area (Å²) in [5.74, 6) is 0.845. The van der Waals surface area contributed by atoms with Crippen molar-refractivity contribution < 1.29 is 9.53 Å². The SMILES string of the molecule is O=C(NCc1nn[nH]n1)Oc1ccc2cc[nH]c2c1. The second-order valence-corrected chi connectivity index (χ2v) is 3.80. The first-order chi connectivity index (χ1) is 9.31. The molecule has 0 radical (unpaired) electrons. The Kier molecular flexibility index (Phi) is 2.81. The third kappa shape index (κ3) is 2.51. The van der Waals surface area contributed by atoms with E-state index in [1.807, 2.05) is 18.3 Å². The smallest absolute Gasteiger partial charge is 0.410 e. The van der Waals surface area contributed by atoms with Crippen LogP contribution in [0.2, 0.25) is 0 Å². The summed E-state index contributed by atoms with van der Waals surface area (Å²) < 4.78 is 5.13. The van der Waals surface area contributed by atoms with E-state index in [-0.39, 0.29) is 6.54 Å². The molecule has 3 N–H and O–H groups in total. The van der Waals surface area contributed by atoms with E-state index in [1.165, 1.54) is 0 Å². The van der Waals surface area contributed by atoms with Crippen molar-refractivity contribution in [2.24, 2.45) is 0 Å². The average molecular weight is 258 g/mol. The van der Waals surface area contributed by atoms with Crippen molar-refractivity contribution in [1.29, 1.82) is 0 Å². The number of tetrazole rings is 1. The number of H-pyrrole nitrogens is 2. The van der Waals surface area contributed by atoms with Gasteiger partial charge >= 0.3 is 6.09 Å². The molecule has 0 fully saturated rings. The predicted octanol–water partition coefficient (Wildman–Crippen LogP) is 0.970. The number of carbonyl (C=O) groups is 1. The molecule has 0 aliphatic heterocycles. The number of nitrogens with zero attached hydrogens (tertiary/aromatic N) is 3. The van der Waals surface area contributed by atoms with E-state index in [2.05, 4.69) is 30.9 Å². The van der Waals surface area contributed by atoms with Crippen LogP contribution in [0.5, 0.6) is 5.75 Å². The van der Waals surface area contributed by atoms with Gasteiger partial charge in [0.15, 0.2) is 5.82 Å². The molecule has 0 aliphatic carbocycles. The van der Waals surface area contributed by atoms with Gasteiger partial charge in [0.05, 0.1) is 6.54 Å². The summed E-state index contributed by atoms with van der Waals surface area (Å²) in [5, 5.41) is 16.7. The predicted molar refractivity (Wildman–Crippen MR) is 65.3 cm³/mol. The van der Waals surface area contributed by atoms with E-state index in [4.69, 9.17) is 4.74 Å². The van der Waals surface area contributed by atoms with E-state index in [1.54, 1.807) is 12.1 Å². The fraction of sp³-hybridized carbons (Fsp3) is 0.0909. The number of aromatic nitrogens is 5. The molecule has 0 saturated carbocycles. The summed E-state index contributed by atoms with van der Waals surface area (Å²) in [4.78, 5) is 14.6. The maximum Gasteiger partial charge on any atom is 0.412 e. The van der Waals surface area contributed by atoms with Crippen molar-refractivity contribution in [1.82, 2.24) is 30.9 Å². The number of nitrogens with one attached hydrogen (secondary N) is 3. The Morgan fingerprint density at radius 1 is 1.37 bits per heavy atom. The van der Waals surface area contributed by atoms with Gasteiger partial charge in [0.25, 0.3) is 0 Å². The fourth-order valence-corrected chi connectivity index (χ4v) is 1.64. The molecule has 0 atom stereocenters. The molecule has 96 valence electrons. The second-order valence-electron chi connectivity index (χ2n) is 3.80.